The molecule has 1 aromatic heterocycles. The maximum Gasteiger partial charge on any atom is 0.0711 e. The highest BCUT2D eigenvalue weighted by atomic mass is 79.9. The van der Waals surface area contributed by atoms with E-state index in [2.05, 4.69) is 85.4 Å². The summed E-state index contributed by atoms with van der Waals surface area (Å²) in [5.74, 6) is 0. The SMILES string of the molecule is Cc1cc(-c2ccc(Br)cc2)cc(-c2ccc(Br)cc2)n1. The molecular formula is C18H13Br2N. The quantitative estimate of drug-likeness (QED) is 0.493. The summed E-state index contributed by atoms with van der Waals surface area (Å²) < 4.78 is 2.16. The summed E-state index contributed by atoms with van der Waals surface area (Å²) in [6, 6.07) is 20.8. The van der Waals surface area contributed by atoms with E-state index in [-0.39, 0.29) is 0 Å². The molecule has 0 unspecified atom stereocenters. The fraction of sp³-hybridized carbons (Fsp3) is 0.0556. The van der Waals surface area contributed by atoms with E-state index in [0.717, 1.165) is 25.9 Å². The van der Waals surface area contributed by atoms with Crippen LogP contribution < -0.4 is 0 Å². The van der Waals surface area contributed by atoms with Gasteiger partial charge in [-0.15, -0.1) is 0 Å². The standard InChI is InChI=1S/C18H13Br2N/c1-12-10-15(13-2-6-16(19)7-3-13)11-18(21-12)14-4-8-17(20)9-5-14/h2-11H,1H3. The molecule has 0 N–H and O–H groups in total. The Hall–Kier alpha value is -1.45. The molecule has 0 amide bonds. The smallest absolute Gasteiger partial charge is 0.0711 e. The van der Waals surface area contributed by atoms with Crippen LogP contribution in [-0.4, -0.2) is 4.98 Å². The molecule has 0 saturated carbocycles. The van der Waals surface area contributed by atoms with Crippen LogP contribution >= 0.6 is 31.9 Å². The van der Waals surface area contributed by atoms with Gasteiger partial charge in [-0.2, -0.15) is 0 Å². The van der Waals surface area contributed by atoms with Gasteiger partial charge in [0, 0.05) is 20.2 Å². The zero-order valence-corrected chi connectivity index (χ0v) is 14.6. The fourth-order valence-corrected chi connectivity index (χ4v) is 2.77. The molecule has 1 nitrogen and oxygen atoms in total. The predicted molar refractivity (Wildman–Crippen MR) is 95.2 cm³/mol. The third-order valence-electron chi connectivity index (χ3n) is 3.27. The van der Waals surface area contributed by atoms with Crippen molar-refractivity contribution in [2.24, 2.45) is 0 Å². The van der Waals surface area contributed by atoms with Crippen molar-refractivity contribution < 1.29 is 0 Å². The van der Waals surface area contributed by atoms with E-state index in [9.17, 15) is 0 Å². The molecule has 0 bridgehead atoms. The largest absolute Gasteiger partial charge is 0.253 e. The Labute approximate surface area is 141 Å². The molecule has 3 aromatic rings. The second-order valence-corrected chi connectivity index (χ2v) is 6.73. The molecule has 0 aliphatic carbocycles. The Kier molecular flexibility index (Phi) is 4.22. The number of pyridine rings is 1. The Bertz CT molecular complexity index is 698. The van der Waals surface area contributed by atoms with E-state index in [1.165, 1.54) is 11.1 Å². The van der Waals surface area contributed by atoms with E-state index in [1.807, 2.05) is 19.1 Å². The molecule has 0 atom stereocenters. The molecule has 0 aliphatic heterocycles. The number of rotatable bonds is 2. The van der Waals surface area contributed by atoms with Gasteiger partial charge in [0.1, 0.15) is 0 Å². The Morgan fingerprint density at radius 1 is 0.667 bits per heavy atom. The number of nitrogens with zero attached hydrogens (tertiary/aromatic N) is 1. The molecule has 1 heterocycles. The van der Waals surface area contributed by atoms with Crippen molar-refractivity contribution in [2.45, 2.75) is 6.92 Å². The Morgan fingerprint density at radius 2 is 1.19 bits per heavy atom. The molecule has 0 fully saturated rings. The lowest BCUT2D eigenvalue weighted by Gasteiger charge is -2.08. The van der Waals surface area contributed by atoms with E-state index in [4.69, 9.17) is 0 Å². The van der Waals surface area contributed by atoms with Crippen molar-refractivity contribution in [3.05, 3.63) is 75.3 Å². The van der Waals surface area contributed by atoms with Gasteiger partial charge >= 0.3 is 0 Å². The molecule has 3 rings (SSSR count). The summed E-state index contributed by atoms with van der Waals surface area (Å²) in [5.41, 5.74) is 5.53. The van der Waals surface area contributed by atoms with Crippen LogP contribution in [0, 0.1) is 6.92 Å². The number of hydrogen-bond donors (Lipinski definition) is 0. The molecule has 0 spiro atoms. The fourth-order valence-electron chi connectivity index (χ4n) is 2.25. The van der Waals surface area contributed by atoms with E-state index in [0.29, 0.717) is 0 Å². The highest BCUT2D eigenvalue weighted by Crippen LogP contribution is 2.27. The van der Waals surface area contributed by atoms with Gasteiger partial charge in [0.25, 0.3) is 0 Å². The van der Waals surface area contributed by atoms with Crippen LogP contribution in [0.2, 0.25) is 0 Å². The second kappa shape index (κ2) is 6.12. The van der Waals surface area contributed by atoms with Crippen molar-refractivity contribution in [2.75, 3.05) is 0 Å². The monoisotopic (exact) mass is 401 g/mol. The van der Waals surface area contributed by atoms with Gasteiger partial charge in [-0.3, -0.25) is 4.98 Å². The first-order valence-corrected chi connectivity index (χ1v) is 8.21. The van der Waals surface area contributed by atoms with Crippen LogP contribution in [0.5, 0.6) is 0 Å². The molecule has 0 radical (unpaired) electrons. The maximum atomic E-state index is 4.65. The van der Waals surface area contributed by atoms with Crippen molar-refractivity contribution in [1.82, 2.24) is 4.98 Å². The van der Waals surface area contributed by atoms with Gasteiger partial charge in [-0.1, -0.05) is 56.1 Å². The lowest BCUT2D eigenvalue weighted by molar-refractivity contribution is 1.21. The molecule has 104 valence electrons. The summed E-state index contributed by atoms with van der Waals surface area (Å²) in [4.78, 5) is 4.65. The molecule has 21 heavy (non-hydrogen) atoms. The summed E-state index contributed by atoms with van der Waals surface area (Å²) in [5, 5.41) is 0. The number of aryl methyl sites for hydroxylation is 1. The Balaban J connectivity index is 2.07. The van der Waals surface area contributed by atoms with Crippen molar-refractivity contribution in [3.8, 4) is 22.4 Å². The first-order chi connectivity index (χ1) is 10.1. The minimum atomic E-state index is 1.00. The third-order valence-corrected chi connectivity index (χ3v) is 4.33. The second-order valence-electron chi connectivity index (χ2n) is 4.90. The van der Waals surface area contributed by atoms with Crippen LogP contribution in [0.1, 0.15) is 5.69 Å². The first kappa shape index (κ1) is 14.5. The molecule has 2 aromatic carbocycles. The van der Waals surface area contributed by atoms with Crippen LogP contribution in [0.15, 0.2) is 69.6 Å². The maximum absolute atomic E-state index is 4.65. The summed E-state index contributed by atoms with van der Waals surface area (Å²) in [6.45, 7) is 2.03. The van der Waals surface area contributed by atoms with E-state index < -0.39 is 0 Å². The van der Waals surface area contributed by atoms with Gasteiger partial charge in [-0.25, -0.2) is 0 Å². The lowest BCUT2D eigenvalue weighted by atomic mass is 10.0. The number of hydrogen-bond acceptors (Lipinski definition) is 1. The minimum absolute atomic E-state index is 1.00. The zero-order chi connectivity index (χ0) is 14.8. The predicted octanol–water partition coefficient (Wildman–Crippen LogP) is 6.25. The van der Waals surface area contributed by atoms with E-state index in [1.54, 1.807) is 0 Å². The average Bonchev–Trinajstić information content (AvgIpc) is 2.48. The van der Waals surface area contributed by atoms with E-state index >= 15 is 0 Å². The normalized spacial score (nSPS) is 10.6. The van der Waals surface area contributed by atoms with Crippen LogP contribution in [0.4, 0.5) is 0 Å². The van der Waals surface area contributed by atoms with Gasteiger partial charge < -0.3 is 0 Å². The van der Waals surface area contributed by atoms with Crippen LogP contribution in [0.3, 0.4) is 0 Å². The summed E-state index contributed by atoms with van der Waals surface area (Å²) >= 11 is 6.94. The molecular weight excluding hydrogens is 390 g/mol. The molecule has 0 aliphatic rings. The molecule has 3 heteroatoms. The number of benzene rings is 2. The highest BCUT2D eigenvalue weighted by molar-refractivity contribution is 9.10. The van der Waals surface area contributed by atoms with Crippen LogP contribution in [0.25, 0.3) is 22.4 Å². The topological polar surface area (TPSA) is 12.9 Å². The number of halogens is 2. The Morgan fingerprint density at radius 3 is 1.76 bits per heavy atom. The highest BCUT2D eigenvalue weighted by Gasteiger charge is 2.05. The van der Waals surface area contributed by atoms with Crippen molar-refractivity contribution >= 4 is 31.9 Å². The lowest BCUT2D eigenvalue weighted by Crippen LogP contribution is -1.89. The van der Waals surface area contributed by atoms with Crippen molar-refractivity contribution in [1.29, 1.82) is 0 Å². The number of aromatic nitrogens is 1. The van der Waals surface area contributed by atoms with Gasteiger partial charge in [0.05, 0.1) is 5.69 Å². The zero-order valence-electron chi connectivity index (χ0n) is 11.5. The van der Waals surface area contributed by atoms with Gasteiger partial charge in [-0.05, 0) is 54.4 Å². The van der Waals surface area contributed by atoms with Crippen molar-refractivity contribution in [3.63, 3.8) is 0 Å². The van der Waals surface area contributed by atoms with Crippen LogP contribution in [-0.2, 0) is 0 Å². The summed E-state index contributed by atoms with van der Waals surface area (Å²) in [6.07, 6.45) is 0. The van der Waals surface area contributed by atoms with Gasteiger partial charge in [0.15, 0.2) is 0 Å². The van der Waals surface area contributed by atoms with Gasteiger partial charge in [0.2, 0.25) is 0 Å². The third kappa shape index (κ3) is 3.42. The first-order valence-electron chi connectivity index (χ1n) is 6.62. The minimum Gasteiger partial charge on any atom is -0.253 e. The average molecular weight is 403 g/mol. The summed E-state index contributed by atoms with van der Waals surface area (Å²) in [7, 11) is 0. The molecule has 0 saturated heterocycles.